The van der Waals surface area contributed by atoms with Crippen LogP contribution in [0.3, 0.4) is 0 Å². The molecule has 1 rings (SSSR count). The number of carbonyl (C=O) groups excluding carboxylic acids is 1. The molecule has 1 heterocycles. The Labute approximate surface area is 103 Å². The van der Waals surface area contributed by atoms with Gasteiger partial charge in [0.15, 0.2) is 9.84 Å². The van der Waals surface area contributed by atoms with Crippen LogP contribution in [0.25, 0.3) is 0 Å². The third-order valence-corrected chi connectivity index (χ3v) is 3.88. The van der Waals surface area contributed by atoms with Crippen molar-refractivity contribution >= 4 is 15.7 Å². The second-order valence-corrected chi connectivity index (χ2v) is 6.98. The summed E-state index contributed by atoms with van der Waals surface area (Å²) in [5.41, 5.74) is 0. The van der Waals surface area contributed by atoms with Crippen LogP contribution >= 0.6 is 0 Å². The highest BCUT2D eigenvalue weighted by atomic mass is 32.2. The molecule has 1 N–H and O–H groups in total. The monoisotopic (exact) mass is 262 g/mol. The summed E-state index contributed by atoms with van der Waals surface area (Å²) in [6.07, 6.45) is 1.99. The van der Waals surface area contributed by atoms with Crippen molar-refractivity contribution in [3.8, 4) is 0 Å². The van der Waals surface area contributed by atoms with Crippen LogP contribution in [0.1, 0.15) is 20.3 Å². The molecule has 1 aliphatic heterocycles. The van der Waals surface area contributed by atoms with Gasteiger partial charge in [-0.25, -0.2) is 8.42 Å². The van der Waals surface area contributed by atoms with Crippen LogP contribution in [0.2, 0.25) is 0 Å². The maximum atomic E-state index is 11.8. The van der Waals surface area contributed by atoms with Gasteiger partial charge in [-0.3, -0.25) is 4.79 Å². The number of sulfone groups is 1. The minimum atomic E-state index is -3.22. The molecule has 0 spiro atoms. The minimum Gasteiger partial charge on any atom is -0.341 e. The topological polar surface area (TPSA) is 66.5 Å². The first kappa shape index (κ1) is 14.4. The van der Waals surface area contributed by atoms with Gasteiger partial charge in [0.1, 0.15) is 5.75 Å². The Morgan fingerprint density at radius 1 is 1.47 bits per heavy atom. The van der Waals surface area contributed by atoms with Gasteiger partial charge in [-0.2, -0.15) is 0 Å². The fourth-order valence-electron chi connectivity index (χ4n) is 2.25. The summed E-state index contributed by atoms with van der Waals surface area (Å²) in [5, 5.41) is 3.39. The smallest absolute Gasteiger partial charge is 0.237 e. The molecule has 0 saturated carbocycles. The quantitative estimate of drug-likeness (QED) is 0.767. The lowest BCUT2D eigenvalue weighted by Gasteiger charge is -2.37. The average Bonchev–Trinajstić information content (AvgIpc) is 2.18. The molecule has 2 unspecified atom stereocenters. The van der Waals surface area contributed by atoms with Crippen molar-refractivity contribution in [2.24, 2.45) is 5.92 Å². The van der Waals surface area contributed by atoms with Gasteiger partial charge in [0, 0.05) is 25.4 Å². The number of nitrogens with one attached hydrogen (secondary N) is 1. The van der Waals surface area contributed by atoms with Gasteiger partial charge in [-0.15, -0.1) is 0 Å². The number of hydrogen-bond acceptors (Lipinski definition) is 4. The molecule has 17 heavy (non-hydrogen) atoms. The van der Waals surface area contributed by atoms with E-state index >= 15 is 0 Å². The van der Waals surface area contributed by atoms with Crippen molar-refractivity contribution in [2.75, 3.05) is 31.6 Å². The summed E-state index contributed by atoms with van der Waals surface area (Å²) in [6, 6.07) is 0.433. The van der Waals surface area contributed by atoms with E-state index in [1.54, 1.807) is 4.90 Å². The zero-order valence-corrected chi connectivity index (χ0v) is 11.6. The van der Waals surface area contributed by atoms with Crippen molar-refractivity contribution in [1.82, 2.24) is 10.2 Å². The van der Waals surface area contributed by atoms with Crippen LogP contribution in [-0.4, -0.2) is 56.9 Å². The Bertz CT molecular complexity index is 367. The molecule has 0 aromatic heterocycles. The number of carbonyl (C=O) groups is 1. The normalized spacial score (nSPS) is 25.9. The first-order valence-corrected chi connectivity index (χ1v) is 8.08. The number of rotatable bonds is 4. The lowest BCUT2D eigenvalue weighted by Crippen LogP contribution is -2.51. The zero-order chi connectivity index (χ0) is 13.1. The van der Waals surface area contributed by atoms with E-state index in [1.165, 1.54) is 0 Å². The van der Waals surface area contributed by atoms with E-state index in [0.717, 1.165) is 19.2 Å². The predicted molar refractivity (Wildman–Crippen MR) is 67.5 cm³/mol. The van der Waals surface area contributed by atoms with Crippen LogP contribution in [-0.2, 0) is 14.6 Å². The van der Waals surface area contributed by atoms with Gasteiger partial charge >= 0.3 is 0 Å². The third kappa shape index (κ3) is 4.63. The molecule has 0 aromatic carbocycles. The summed E-state index contributed by atoms with van der Waals surface area (Å²) in [6.45, 7) is 6.37. The standard InChI is InChI=1S/C11H22N2O3S/c1-4-12-10-5-6-13(7-9(10)2)11(14)8-17(3,15)16/h9-10,12H,4-8H2,1-3H3. The molecule has 1 saturated heterocycles. The number of nitrogens with zero attached hydrogens (tertiary/aromatic N) is 1. The fourth-order valence-corrected chi connectivity index (χ4v) is 2.88. The van der Waals surface area contributed by atoms with Crippen LogP contribution < -0.4 is 5.32 Å². The van der Waals surface area contributed by atoms with E-state index in [0.29, 0.717) is 25.0 Å². The molecular weight excluding hydrogens is 240 g/mol. The van der Waals surface area contributed by atoms with Crippen LogP contribution in [0.4, 0.5) is 0 Å². The lowest BCUT2D eigenvalue weighted by atomic mass is 9.94. The zero-order valence-electron chi connectivity index (χ0n) is 10.8. The Kier molecular flexibility index (Phi) is 4.94. The molecule has 1 amide bonds. The number of hydrogen-bond donors (Lipinski definition) is 1. The van der Waals surface area contributed by atoms with Gasteiger partial charge in [0.25, 0.3) is 0 Å². The molecule has 0 bridgehead atoms. The van der Waals surface area contributed by atoms with Crippen molar-refractivity contribution in [2.45, 2.75) is 26.3 Å². The molecule has 0 aromatic rings. The molecule has 6 heteroatoms. The molecule has 0 aliphatic carbocycles. The Morgan fingerprint density at radius 3 is 2.59 bits per heavy atom. The summed E-state index contributed by atoms with van der Waals surface area (Å²) < 4.78 is 22.1. The van der Waals surface area contributed by atoms with Crippen LogP contribution in [0, 0.1) is 5.92 Å². The molecular formula is C11H22N2O3S. The van der Waals surface area contributed by atoms with Crippen molar-refractivity contribution < 1.29 is 13.2 Å². The Morgan fingerprint density at radius 2 is 2.12 bits per heavy atom. The van der Waals surface area contributed by atoms with E-state index < -0.39 is 9.84 Å². The molecule has 1 fully saturated rings. The van der Waals surface area contributed by atoms with Gasteiger partial charge in [-0.05, 0) is 18.9 Å². The molecule has 2 atom stereocenters. The van der Waals surface area contributed by atoms with Gasteiger partial charge < -0.3 is 10.2 Å². The van der Waals surface area contributed by atoms with Gasteiger partial charge in [0.05, 0.1) is 0 Å². The van der Waals surface area contributed by atoms with E-state index in [-0.39, 0.29) is 11.7 Å². The van der Waals surface area contributed by atoms with Crippen LogP contribution in [0.15, 0.2) is 0 Å². The number of amides is 1. The molecule has 0 radical (unpaired) electrons. The summed E-state index contributed by atoms with van der Waals surface area (Å²) in [4.78, 5) is 13.4. The Balaban J connectivity index is 2.52. The minimum absolute atomic E-state index is 0.269. The van der Waals surface area contributed by atoms with E-state index in [2.05, 4.69) is 19.2 Å². The SMILES string of the molecule is CCNC1CCN(C(=O)CS(C)(=O)=O)CC1C. The highest BCUT2D eigenvalue weighted by molar-refractivity contribution is 7.91. The third-order valence-electron chi connectivity index (χ3n) is 3.11. The molecule has 1 aliphatic rings. The number of piperidine rings is 1. The van der Waals surface area contributed by atoms with Crippen molar-refractivity contribution in [1.29, 1.82) is 0 Å². The predicted octanol–water partition coefficient (Wildman–Crippen LogP) is -0.122. The van der Waals surface area contributed by atoms with E-state index in [9.17, 15) is 13.2 Å². The fraction of sp³-hybridized carbons (Fsp3) is 0.909. The highest BCUT2D eigenvalue weighted by Gasteiger charge is 2.29. The first-order chi connectivity index (χ1) is 7.83. The Hall–Kier alpha value is -0.620. The van der Waals surface area contributed by atoms with Gasteiger partial charge in [-0.1, -0.05) is 13.8 Å². The summed E-state index contributed by atoms with van der Waals surface area (Å²) >= 11 is 0. The second kappa shape index (κ2) is 5.82. The average molecular weight is 262 g/mol. The molecule has 100 valence electrons. The highest BCUT2D eigenvalue weighted by Crippen LogP contribution is 2.17. The number of likely N-dealkylation sites (tertiary alicyclic amines) is 1. The van der Waals surface area contributed by atoms with Crippen molar-refractivity contribution in [3.63, 3.8) is 0 Å². The van der Waals surface area contributed by atoms with Crippen LogP contribution in [0.5, 0.6) is 0 Å². The van der Waals surface area contributed by atoms with E-state index in [1.807, 2.05) is 0 Å². The van der Waals surface area contributed by atoms with Gasteiger partial charge in [0.2, 0.25) is 5.91 Å². The van der Waals surface area contributed by atoms with Crippen molar-refractivity contribution in [3.05, 3.63) is 0 Å². The summed E-state index contributed by atoms with van der Waals surface area (Å²) in [7, 11) is -3.22. The second-order valence-electron chi connectivity index (χ2n) is 4.84. The maximum absolute atomic E-state index is 11.8. The summed E-state index contributed by atoms with van der Waals surface area (Å²) in [5.74, 6) is -0.271. The molecule has 5 nitrogen and oxygen atoms in total. The van der Waals surface area contributed by atoms with E-state index in [4.69, 9.17) is 0 Å². The lowest BCUT2D eigenvalue weighted by molar-refractivity contribution is -0.130. The largest absolute Gasteiger partial charge is 0.341 e. The first-order valence-electron chi connectivity index (χ1n) is 6.02. The maximum Gasteiger partial charge on any atom is 0.237 e.